The lowest BCUT2D eigenvalue weighted by Gasteiger charge is -2.16. The molecule has 5 N–H and O–H groups in total. The van der Waals surface area contributed by atoms with Crippen LogP contribution in [-0.2, 0) is 16.1 Å². The molecule has 0 aliphatic carbocycles. The van der Waals surface area contributed by atoms with Crippen LogP contribution in [0.15, 0.2) is 67.3 Å². The summed E-state index contributed by atoms with van der Waals surface area (Å²) >= 11 is 0. The third-order valence-electron chi connectivity index (χ3n) is 5.28. The normalized spacial score (nSPS) is 11.4. The fraction of sp³-hybridized carbons (Fsp3) is 0.200. The molecule has 1 atom stereocenters. The molecule has 0 bridgehead atoms. The Morgan fingerprint density at radius 2 is 1.79 bits per heavy atom. The lowest BCUT2D eigenvalue weighted by Crippen LogP contribution is -2.45. The summed E-state index contributed by atoms with van der Waals surface area (Å²) in [7, 11) is 0. The molecule has 9 nitrogen and oxygen atoms in total. The standard InChI is InChI=1S/C23H23N5O2.C2H4O2/c1-15-18-14-17(4-5-19(18)26-21(15)16-6-9-25-10-7-16)23(30)27-20(22(24)29)8-13-28-11-2-3-12-28;1-2(3)4/h2-7,9-12,14,20,26H,8,13H2,1H3,(H2,24,29)(H,27,30);1H3,(H,3,4)/t20-;/m0./s1. The van der Waals surface area contributed by atoms with Gasteiger partial charge in [0.1, 0.15) is 6.04 Å². The number of nitrogens with one attached hydrogen (secondary N) is 2. The number of rotatable bonds is 7. The van der Waals surface area contributed by atoms with Crippen LogP contribution in [0, 0.1) is 6.92 Å². The molecular formula is C25H27N5O4. The summed E-state index contributed by atoms with van der Waals surface area (Å²) in [6.07, 6.45) is 7.73. The number of pyridine rings is 1. The average molecular weight is 462 g/mol. The molecule has 0 unspecified atom stereocenters. The van der Waals surface area contributed by atoms with E-state index in [2.05, 4.69) is 15.3 Å². The largest absolute Gasteiger partial charge is 0.481 e. The van der Waals surface area contributed by atoms with E-state index in [4.69, 9.17) is 15.6 Å². The van der Waals surface area contributed by atoms with Gasteiger partial charge in [-0.05, 0) is 61.4 Å². The Hall–Kier alpha value is -4.40. The van der Waals surface area contributed by atoms with E-state index < -0.39 is 17.9 Å². The van der Waals surface area contributed by atoms with Crippen molar-refractivity contribution in [3.05, 3.63) is 78.4 Å². The number of benzene rings is 1. The van der Waals surface area contributed by atoms with Crippen LogP contribution in [0.3, 0.4) is 0 Å². The van der Waals surface area contributed by atoms with Crippen molar-refractivity contribution in [2.24, 2.45) is 5.73 Å². The molecule has 0 spiro atoms. The second-order valence-corrected chi connectivity index (χ2v) is 7.78. The van der Waals surface area contributed by atoms with Gasteiger partial charge in [-0.3, -0.25) is 19.4 Å². The number of primary amides is 1. The van der Waals surface area contributed by atoms with Crippen molar-refractivity contribution in [3.63, 3.8) is 0 Å². The van der Waals surface area contributed by atoms with E-state index in [1.807, 2.05) is 60.3 Å². The minimum absolute atomic E-state index is 0.320. The van der Waals surface area contributed by atoms with Crippen molar-refractivity contribution in [1.82, 2.24) is 19.9 Å². The van der Waals surface area contributed by atoms with Gasteiger partial charge < -0.3 is 25.7 Å². The van der Waals surface area contributed by atoms with Gasteiger partial charge in [-0.2, -0.15) is 0 Å². The number of fused-ring (bicyclic) bond motifs is 1. The monoisotopic (exact) mass is 461 g/mol. The fourth-order valence-corrected chi connectivity index (χ4v) is 3.60. The minimum atomic E-state index is -0.833. The molecule has 0 saturated heterocycles. The molecule has 0 aliphatic rings. The Morgan fingerprint density at radius 3 is 2.41 bits per heavy atom. The maximum atomic E-state index is 12.8. The first-order chi connectivity index (χ1) is 16.3. The van der Waals surface area contributed by atoms with Gasteiger partial charge in [0.25, 0.3) is 11.9 Å². The highest BCUT2D eigenvalue weighted by Gasteiger charge is 2.20. The van der Waals surface area contributed by atoms with Gasteiger partial charge in [0.2, 0.25) is 5.91 Å². The molecule has 2 amide bonds. The number of amides is 2. The van der Waals surface area contributed by atoms with Gasteiger partial charge in [0, 0.05) is 66.0 Å². The third-order valence-corrected chi connectivity index (χ3v) is 5.28. The van der Waals surface area contributed by atoms with Gasteiger partial charge in [-0.25, -0.2) is 0 Å². The predicted molar refractivity (Wildman–Crippen MR) is 129 cm³/mol. The predicted octanol–water partition coefficient (Wildman–Crippen LogP) is 3.10. The number of aromatic amines is 1. The Bertz CT molecular complexity index is 1280. The Labute approximate surface area is 196 Å². The molecule has 0 saturated carbocycles. The molecule has 3 heterocycles. The first kappa shape index (κ1) is 24.2. The summed E-state index contributed by atoms with van der Waals surface area (Å²) in [6.45, 7) is 3.69. The number of nitrogens with zero attached hydrogens (tertiary/aromatic N) is 2. The van der Waals surface area contributed by atoms with E-state index in [1.54, 1.807) is 18.5 Å². The first-order valence-corrected chi connectivity index (χ1v) is 10.7. The van der Waals surface area contributed by atoms with E-state index in [0.29, 0.717) is 18.5 Å². The van der Waals surface area contributed by atoms with Crippen molar-refractivity contribution in [1.29, 1.82) is 0 Å². The zero-order valence-corrected chi connectivity index (χ0v) is 19.0. The van der Waals surface area contributed by atoms with Gasteiger partial charge in [0.05, 0.1) is 0 Å². The molecule has 9 heteroatoms. The second kappa shape index (κ2) is 11.0. The number of carboxylic acids is 1. The maximum absolute atomic E-state index is 12.8. The number of hydrogen-bond acceptors (Lipinski definition) is 4. The van der Waals surface area contributed by atoms with Crippen LogP contribution < -0.4 is 11.1 Å². The highest BCUT2D eigenvalue weighted by Crippen LogP contribution is 2.29. The molecule has 3 aromatic heterocycles. The van der Waals surface area contributed by atoms with Crippen molar-refractivity contribution in [3.8, 4) is 11.3 Å². The summed E-state index contributed by atoms with van der Waals surface area (Å²) < 4.78 is 1.94. The fourth-order valence-electron chi connectivity index (χ4n) is 3.60. The smallest absolute Gasteiger partial charge is 0.300 e. The Kier molecular flexibility index (Phi) is 7.81. The molecular weight excluding hydrogens is 434 g/mol. The van der Waals surface area contributed by atoms with Crippen molar-refractivity contribution in [2.75, 3.05) is 0 Å². The number of carbonyl (C=O) groups is 3. The maximum Gasteiger partial charge on any atom is 0.300 e. The van der Waals surface area contributed by atoms with Crippen LogP contribution in [0.1, 0.15) is 29.3 Å². The van der Waals surface area contributed by atoms with E-state index >= 15 is 0 Å². The lowest BCUT2D eigenvalue weighted by atomic mass is 10.1. The van der Waals surface area contributed by atoms with Crippen LogP contribution in [0.2, 0.25) is 0 Å². The zero-order valence-electron chi connectivity index (χ0n) is 19.0. The van der Waals surface area contributed by atoms with E-state index in [-0.39, 0.29) is 5.91 Å². The van der Waals surface area contributed by atoms with Crippen LogP contribution in [0.4, 0.5) is 0 Å². The minimum Gasteiger partial charge on any atom is -0.481 e. The first-order valence-electron chi connectivity index (χ1n) is 10.7. The van der Waals surface area contributed by atoms with Crippen LogP contribution >= 0.6 is 0 Å². The number of nitrogens with two attached hydrogens (primary N) is 1. The molecule has 0 aliphatic heterocycles. The summed E-state index contributed by atoms with van der Waals surface area (Å²) in [5.41, 5.74) is 10.0. The molecule has 1 aromatic carbocycles. The van der Waals surface area contributed by atoms with Gasteiger partial charge in [-0.15, -0.1) is 0 Å². The zero-order chi connectivity index (χ0) is 24.7. The summed E-state index contributed by atoms with van der Waals surface area (Å²) in [5.74, 6) is -1.70. The Morgan fingerprint density at radius 1 is 1.15 bits per heavy atom. The number of aliphatic carboxylic acids is 1. The van der Waals surface area contributed by atoms with Gasteiger partial charge in [-0.1, -0.05) is 0 Å². The third kappa shape index (κ3) is 6.10. The topological polar surface area (TPSA) is 143 Å². The molecule has 4 rings (SSSR count). The summed E-state index contributed by atoms with van der Waals surface area (Å²) in [6, 6.07) is 12.4. The summed E-state index contributed by atoms with van der Waals surface area (Å²) in [5, 5.41) is 11.1. The highest BCUT2D eigenvalue weighted by molar-refractivity contribution is 6.01. The number of hydrogen-bond donors (Lipinski definition) is 4. The van der Waals surface area contributed by atoms with Crippen LogP contribution in [-0.4, -0.2) is 43.5 Å². The molecule has 0 fully saturated rings. The quantitative estimate of drug-likeness (QED) is 0.334. The van der Waals surface area contributed by atoms with E-state index in [0.717, 1.165) is 34.6 Å². The molecule has 0 radical (unpaired) electrons. The van der Waals surface area contributed by atoms with E-state index in [9.17, 15) is 9.59 Å². The number of carbonyl (C=O) groups excluding carboxylic acids is 2. The molecule has 4 aromatic rings. The molecule has 34 heavy (non-hydrogen) atoms. The SMILES string of the molecule is CC(=O)O.Cc1c(-c2ccncc2)[nH]c2ccc(C(=O)N[C@@H](CCn3cccc3)C(N)=O)cc12. The number of aromatic nitrogens is 3. The van der Waals surface area contributed by atoms with Crippen molar-refractivity contribution in [2.45, 2.75) is 32.9 Å². The average Bonchev–Trinajstić information content (AvgIpc) is 3.44. The van der Waals surface area contributed by atoms with Crippen LogP contribution in [0.25, 0.3) is 22.2 Å². The van der Waals surface area contributed by atoms with Gasteiger partial charge >= 0.3 is 0 Å². The number of carboxylic acid groups (broad SMARTS) is 1. The summed E-state index contributed by atoms with van der Waals surface area (Å²) in [4.78, 5) is 41.1. The van der Waals surface area contributed by atoms with Crippen molar-refractivity contribution >= 4 is 28.7 Å². The lowest BCUT2D eigenvalue weighted by molar-refractivity contribution is -0.134. The number of H-pyrrole nitrogens is 1. The van der Waals surface area contributed by atoms with Gasteiger partial charge in [0.15, 0.2) is 0 Å². The number of aryl methyl sites for hydroxylation is 2. The van der Waals surface area contributed by atoms with Crippen molar-refractivity contribution < 1.29 is 19.5 Å². The second-order valence-electron chi connectivity index (χ2n) is 7.78. The molecule has 176 valence electrons. The van der Waals surface area contributed by atoms with E-state index in [1.165, 1.54) is 0 Å². The highest BCUT2D eigenvalue weighted by atomic mass is 16.4. The Balaban J connectivity index is 0.000000751. The van der Waals surface area contributed by atoms with Crippen LogP contribution in [0.5, 0.6) is 0 Å².